The van der Waals surface area contributed by atoms with Crippen molar-refractivity contribution in [2.45, 2.75) is 6.42 Å². The predicted octanol–water partition coefficient (Wildman–Crippen LogP) is 2.47. The number of hydrogen-bond acceptors (Lipinski definition) is 4. The van der Waals surface area contributed by atoms with E-state index in [-0.39, 0.29) is 29.8 Å². The Kier molecular flexibility index (Phi) is 4.78. The highest BCUT2D eigenvalue weighted by atomic mass is 16.2. The number of rotatable bonds is 5. The summed E-state index contributed by atoms with van der Waals surface area (Å²) in [4.78, 5) is 51.8. The first kappa shape index (κ1) is 18.4. The number of amides is 3. The van der Waals surface area contributed by atoms with Gasteiger partial charge in [0, 0.05) is 24.5 Å². The Balaban J connectivity index is 1.37. The number of pyridine rings is 1. The predicted molar refractivity (Wildman–Crippen MR) is 107 cm³/mol. The summed E-state index contributed by atoms with van der Waals surface area (Å²) in [5.41, 5.74) is 2.49. The number of anilines is 1. The molecule has 1 aromatic heterocycles. The number of H-pyrrole nitrogens is 1. The Morgan fingerprint density at radius 1 is 0.862 bits per heavy atom. The van der Waals surface area contributed by atoms with Gasteiger partial charge in [-0.25, -0.2) is 0 Å². The summed E-state index contributed by atoms with van der Waals surface area (Å²) in [5.74, 6) is -0.870. The van der Waals surface area contributed by atoms with Crippen molar-refractivity contribution in [1.29, 1.82) is 0 Å². The van der Waals surface area contributed by atoms with E-state index in [4.69, 9.17) is 0 Å². The zero-order valence-electron chi connectivity index (χ0n) is 15.3. The highest BCUT2D eigenvalue weighted by Crippen LogP contribution is 2.22. The topological polar surface area (TPSA) is 99.3 Å². The van der Waals surface area contributed by atoms with Gasteiger partial charge in [-0.3, -0.25) is 24.1 Å². The van der Waals surface area contributed by atoms with Gasteiger partial charge in [0.15, 0.2) is 0 Å². The first-order valence-electron chi connectivity index (χ1n) is 9.07. The van der Waals surface area contributed by atoms with Crippen LogP contribution in [0.5, 0.6) is 0 Å². The van der Waals surface area contributed by atoms with Gasteiger partial charge in [0.05, 0.1) is 16.7 Å². The van der Waals surface area contributed by atoms with Crippen LogP contribution in [0.25, 0.3) is 0 Å². The van der Waals surface area contributed by atoms with Crippen molar-refractivity contribution in [3.63, 3.8) is 0 Å². The third-order valence-corrected chi connectivity index (χ3v) is 4.76. The van der Waals surface area contributed by atoms with E-state index < -0.39 is 0 Å². The molecule has 1 aliphatic heterocycles. The third kappa shape index (κ3) is 3.70. The van der Waals surface area contributed by atoms with E-state index in [1.54, 1.807) is 36.4 Å². The molecule has 0 spiro atoms. The highest BCUT2D eigenvalue weighted by molar-refractivity contribution is 6.21. The molecule has 0 saturated carbocycles. The molecule has 1 aliphatic rings. The fourth-order valence-corrected chi connectivity index (χ4v) is 3.19. The highest BCUT2D eigenvalue weighted by Gasteiger charge is 2.34. The zero-order chi connectivity index (χ0) is 20.4. The molecule has 0 saturated heterocycles. The molecule has 29 heavy (non-hydrogen) atoms. The number of carbonyl (C=O) groups is 3. The standard InChI is InChI=1S/C22H17N3O4/c26-19-10-7-15(13-23-19)20(27)24-16-8-5-14(6-9-16)11-12-25-21(28)17-3-1-2-4-18(17)22(25)29/h1-10,13H,11-12H2,(H,23,26)(H,24,27). The number of hydrogen-bond donors (Lipinski definition) is 2. The van der Waals surface area contributed by atoms with E-state index in [9.17, 15) is 19.2 Å². The molecule has 7 heteroatoms. The fourth-order valence-electron chi connectivity index (χ4n) is 3.19. The van der Waals surface area contributed by atoms with Crippen LogP contribution < -0.4 is 10.9 Å². The number of fused-ring (bicyclic) bond motifs is 1. The van der Waals surface area contributed by atoms with Gasteiger partial charge < -0.3 is 10.3 Å². The van der Waals surface area contributed by atoms with Crippen LogP contribution >= 0.6 is 0 Å². The van der Waals surface area contributed by atoms with Gasteiger partial charge in [0.25, 0.3) is 17.7 Å². The second-order valence-corrected chi connectivity index (χ2v) is 6.65. The average Bonchev–Trinajstić information content (AvgIpc) is 2.98. The van der Waals surface area contributed by atoms with Crippen LogP contribution in [-0.4, -0.2) is 34.2 Å². The Labute approximate surface area is 166 Å². The molecular weight excluding hydrogens is 370 g/mol. The molecule has 2 N–H and O–H groups in total. The summed E-state index contributed by atoms with van der Waals surface area (Å²) in [6, 6.07) is 16.7. The molecule has 0 aliphatic carbocycles. The molecule has 7 nitrogen and oxygen atoms in total. The summed E-state index contributed by atoms with van der Waals surface area (Å²) in [7, 11) is 0. The number of carbonyl (C=O) groups excluding carboxylic acids is 3. The molecule has 2 aromatic carbocycles. The van der Waals surface area contributed by atoms with Crippen LogP contribution in [0.2, 0.25) is 0 Å². The minimum Gasteiger partial charge on any atom is -0.328 e. The average molecular weight is 387 g/mol. The number of aromatic amines is 1. The maximum absolute atomic E-state index is 12.4. The normalized spacial score (nSPS) is 12.8. The lowest BCUT2D eigenvalue weighted by molar-refractivity contribution is 0.0656. The van der Waals surface area contributed by atoms with Crippen LogP contribution in [0, 0.1) is 0 Å². The van der Waals surface area contributed by atoms with Gasteiger partial charge in [-0.15, -0.1) is 0 Å². The van der Waals surface area contributed by atoms with Crippen molar-refractivity contribution >= 4 is 23.4 Å². The zero-order valence-corrected chi connectivity index (χ0v) is 15.3. The fraction of sp³-hybridized carbons (Fsp3) is 0.0909. The van der Waals surface area contributed by atoms with Crippen LogP contribution in [0.4, 0.5) is 5.69 Å². The monoisotopic (exact) mass is 387 g/mol. The maximum Gasteiger partial charge on any atom is 0.261 e. The lowest BCUT2D eigenvalue weighted by Gasteiger charge is -2.14. The molecule has 0 bridgehead atoms. The largest absolute Gasteiger partial charge is 0.328 e. The molecule has 3 amide bonds. The number of nitrogens with one attached hydrogen (secondary N) is 2. The van der Waals surface area contributed by atoms with Gasteiger partial charge in [-0.2, -0.15) is 0 Å². The smallest absolute Gasteiger partial charge is 0.261 e. The SMILES string of the molecule is O=C(Nc1ccc(CCN2C(=O)c3ccccc3C2=O)cc1)c1ccc(=O)[nH]c1. The number of imide groups is 1. The molecule has 0 atom stereocenters. The Bertz CT molecular complexity index is 1110. The number of aromatic nitrogens is 1. The minimum atomic E-state index is -0.333. The molecule has 2 heterocycles. The second-order valence-electron chi connectivity index (χ2n) is 6.65. The van der Waals surface area contributed by atoms with Crippen molar-refractivity contribution in [3.8, 4) is 0 Å². The lowest BCUT2D eigenvalue weighted by Crippen LogP contribution is -2.31. The first-order valence-corrected chi connectivity index (χ1v) is 9.07. The van der Waals surface area contributed by atoms with Crippen molar-refractivity contribution in [1.82, 2.24) is 9.88 Å². The van der Waals surface area contributed by atoms with Crippen LogP contribution in [-0.2, 0) is 6.42 Å². The van der Waals surface area contributed by atoms with Gasteiger partial charge in [0.1, 0.15) is 0 Å². The van der Waals surface area contributed by atoms with E-state index in [0.717, 1.165) is 5.56 Å². The first-order chi connectivity index (χ1) is 14.0. The summed E-state index contributed by atoms with van der Waals surface area (Å²) in [6.07, 6.45) is 1.87. The second kappa shape index (κ2) is 7.55. The van der Waals surface area contributed by atoms with E-state index in [2.05, 4.69) is 10.3 Å². The summed E-state index contributed by atoms with van der Waals surface area (Å²) in [5, 5.41) is 2.75. The lowest BCUT2D eigenvalue weighted by atomic mass is 10.1. The molecule has 0 unspecified atom stereocenters. The van der Waals surface area contributed by atoms with E-state index >= 15 is 0 Å². The van der Waals surface area contributed by atoms with Crippen LogP contribution in [0.3, 0.4) is 0 Å². The number of benzene rings is 2. The summed E-state index contributed by atoms with van der Waals surface area (Å²) in [6.45, 7) is 0.287. The molecule has 4 rings (SSSR count). The van der Waals surface area contributed by atoms with Crippen molar-refractivity contribution in [2.75, 3.05) is 11.9 Å². The van der Waals surface area contributed by atoms with Crippen molar-refractivity contribution in [3.05, 3.63) is 99.5 Å². The Hall–Kier alpha value is -4.00. The van der Waals surface area contributed by atoms with Gasteiger partial charge in [-0.05, 0) is 42.3 Å². The van der Waals surface area contributed by atoms with Crippen LogP contribution in [0.1, 0.15) is 36.6 Å². The Morgan fingerprint density at radius 3 is 2.10 bits per heavy atom. The quantitative estimate of drug-likeness (QED) is 0.657. The van der Waals surface area contributed by atoms with E-state index in [1.807, 2.05) is 12.1 Å². The van der Waals surface area contributed by atoms with Gasteiger partial charge in [0.2, 0.25) is 5.56 Å². The maximum atomic E-state index is 12.4. The summed E-state index contributed by atoms with van der Waals surface area (Å²) >= 11 is 0. The van der Waals surface area contributed by atoms with Crippen LogP contribution in [0.15, 0.2) is 71.7 Å². The minimum absolute atomic E-state index is 0.268. The van der Waals surface area contributed by atoms with E-state index in [0.29, 0.717) is 28.8 Å². The van der Waals surface area contributed by atoms with Gasteiger partial charge in [-0.1, -0.05) is 24.3 Å². The molecule has 0 radical (unpaired) electrons. The molecule has 0 fully saturated rings. The molecule has 3 aromatic rings. The molecule has 144 valence electrons. The number of nitrogens with zero attached hydrogens (tertiary/aromatic N) is 1. The van der Waals surface area contributed by atoms with Crippen molar-refractivity contribution in [2.24, 2.45) is 0 Å². The van der Waals surface area contributed by atoms with Crippen molar-refractivity contribution < 1.29 is 14.4 Å². The summed E-state index contributed by atoms with van der Waals surface area (Å²) < 4.78 is 0. The van der Waals surface area contributed by atoms with Gasteiger partial charge >= 0.3 is 0 Å². The molecular formula is C22H17N3O4. The van der Waals surface area contributed by atoms with E-state index in [1.165, 1.54) is 23.2 Å². The Morgan fingerprint density at radius 2 is 1.52 bits per heavy atom. The third-order valence-electron chi connectivity index (χ3n) is 4.76.